The molecule has 1 aromatic carbocycles. The summed E-state index contributed by atoms with van der Waals surface area (Å²) in [5, 5.41) is 7.31. The number of fused-ring (bicyclic) bond motifs is 1. The third-order valence-electron chi connectivity index (χ3n) is 6.64. The zero-order chi connectivity index (χ0) is 21.4. The van der Waals surface area contributed by atoms with Crippen LogP contribution in [0, 0.1) is 19.8 Å². The van der Waals surface area contributed by atoms with Gasteiger partial charge in [-0.1, -0.05) is 35.5 Å². The standard InChI is InChI=1S/C24H27N5O2/c1-16-10-19(8-9-25-16)22(30)27-21-11-20-14-29(13-18-6-4-3-5-7-18)15-24(20,12-21)23-26-17(2)28-31-23/h3-10,20-21H,11-15H2,1-2H3,(H,27,30)/t20-,21+,24-/m0/s1. The van der Waals surface area contributed by atoms with Crippen molar-refractivity contribution in [1.29, 1.82) is 0 Å². The maximum Gasteiger partial charge on any atom is 0.251 e. The highest BCUT2D eigenvalue weighted by atomic mass is 16.5. The van der Waals surface area contributed by atoms with E-state index in [9.17, 15) is 4.79 Å². The van der Waals surface area contributed by atoms with Crippen LogP contribution >= 0.6 is 0 Å². The Balaban J connectivity index is 1.35. The normalized spacial score (nSPS) is 25.5. The molecule has 7 heteroatoms. The molecule has 0 bridgehead atoms. The lowest BCUT2D eigenvalue weighted by molar-refractivity contribution is 0.0933. The van der Waals surface area contributed by atoms with Gasteiger partial charge in [0.25, 0.3) is 5.91 Å². The van der Waals surface area contributed by atoms with Gasteiger partial charge in [0.15, 0.2) is 5.82 Å². The zero-order valence-corrected chi connectivity index (χ0v) is 17.9. The van der Waals surface area contributed by atoms with Crippen LogP contribution in [0.2, 0.25) is 0 Å². The summed E-state index contributed by atoms with van der Waals surface area (Å²) in [5.41, 5.74) is 2.57. The summed E-state index contributed by atoms with van der Waals surface area (Å²) in [6.07, 6.45) is 3.39. The van der Waals surface area contributed by atoms with Crippen molar-refractivity contribution in [3.63, 3.8) is 0 Å². The zero-order valence-electron chi connectivity index (χ0n) is 17.9. The van der Waals surface area contributed by atoms with Gasteiger partial charge >= 0.3 is 0 Å². The lowest BCUT2D eigenvalue weighted by Crippen LogP contribution is -2.38. The first-order valence-electron chi connectivity index (χ1n) is 10.8. The van der Waals surface area contributed by atoms with Gasteiger partial charge in [-0.3, -0.25) is 14.7 Å². The molecule has 1 amide bonds. The number of carbonyl (C=O) groups is 1. The van der Waals surface area contributed by atoms with Gasteiger partial charge in [0.2, 0.25) is 5.89 Å². The molecule has 5 rings (SSSR count). The summed E-state index contributed by atoms with van der Waals surface area (Å²) >= 11 is 0. The van der Waals surface area contributed by atoms with Gasteiger partial charge in [-0.2, -0.15) is 4.98 Å². The van der Waals surface area contributed by atoms with E-state index in [0.29, 0.717) is 23.2 Å². The van der Waals surface area contributed by atoms with Gasteiger partial charge < -0.3 is 9.84 Å². The van der Waals surface area contributed by atoms with Crippen molar-refractivity contribution >= 4 is 5.91 Å². The number of aromatic nitrogens is 3. The highest BCUT2D eigenvalue weighted by molar-refractivity contribution is 5.94. The SMILES string of the molecule is Cc1cc(C(=O)N[C@@H]2C[C@H]3CN(Cc4ccccc4)C[C@@]3(c3nc(C)no3)C2)ccn1. The summed E-state index contributed by atoms with van der Waals surface area (Å²) in [4.78, 5) is 24.1. The maximum absolute atomic E-state index is 12.8. The molecule has 1 saturated heterocycles. The van der Waals surface area contributed by atoms with Crippen LogP contribution in [-0.2, 0) is 12.0 Å². The van der Waals surface area contributed by atoms with E-state index < -0.39 is 0 Å². The number of benzene rings is 1. The average Bonchev–Trinajstić information content (AvgIpc) is 3.41. The lowest BCUT2D eigenvalue weighted by Gasteiger charge is -2.25. The lowest BCUT2D eigenvalue weighted by atomic mass is 9.80. The van der Waals surface area contributed by atoms with Crippen molar-refractivity contribution in [3.05, 3.63) is 77.2 Å². The molecule has 0 radical (unpaired) electrons. The van der Waals surface area contributed by atoms with E-state index in [2.05, 4.69) is 49.6 Å². The Hall–Kier alpha value is -3.06. The van der Waals surface area contributed by atoms with E-state index in [1.54, 1.807) is 12.3 Å². The molecule has 1 N–H and O–H groups in total. The topological polar surface area (TPSA) is 84.2 Å². The second-order valence-electron chi connectivity index (χ2n) is 8.95. The second-order valence-corrected chi connectivity index (χ2v) is 8.95. The van der Waals surface area contributed by atoms with Crippen LogP contribution in [-0.4, -0.2) is 45.1 Å². The largest absolute Gasteiger partial charge is 0.349 e. The molecule has 3 atom stereocenters. The number of amides is 1. The summed E-state index contributed by atoms with van der Waals surface area (Å²) in [5.74, 6) is 1.68. The molecular formula is C24H27N5O2. The minimum absolute atomic E-state index is 0.0477. The summed E-state index contributed by atoms with van der Waals surface area (Å²) < 4.78 is 5.70. The van der Waals surface area contributed by atoms with E-state index >= 15 is 0 Å². The van der Waals surface area contributed by atoms with Crippen molar-refractivity contribution < 1.29 is 9.32 Å². The Labute approximate surface area is 181 Å². The fourth-order valence-electron chi connectivity index (χ4n) is 5.33. The molecule has 160 valence electrons. The first kappa shape index (κ1) is 19.9. The van der Waals surface area contributed by atoms with Crippen LogP contribution in [0.4, 0.5) is 0 Å². The predicted octanol–water partition coefficient (Wildman–Crippen LogP) is 3.04. The number of carbonyl (C=O) groups excluding carboxylic acids is 1. The number of nitrogens with one attached hydrogen (secondary N) is 1. The predicted molar refractivity (Wildman–Crippen MR) is 115 cm³/mol. The van der Waals surface area contributed by atoms with Crippen molar-refractivity contribution in [1.82, 2.24) is 25.3 Å². The number of likely N-dealkylation sites (tertiary alicyclic amines) is 1. The Morgan fingerprint density at radius 1 is 1.26 bits per heavy atom. The average molecular weight is 418 g/mol. The number of aryl methyl sites for hydroxylation is 2. The number of rotatable bonds is 5. The fourth-order valence-corrected chi connectivity index (χ4v) is 5.33. The summed E-state index contributed by atoms with van der Waals surface area (Å²) in [7, 11) is 0. The third-order valence-corrected chi connectivity index (χ3v) is 6.64. The number of hydrogen-bond acceptors (Lipinski definition) is 6. The molecule has 1 aliphatic heterocycles. The summed E-state index contributed by atoms with van der Waals surface area (Å²) in [6.45, 7) is 6.46. The highest BCUT2D eigenvalue weighted by Crippen LogP contribution is 2.50. The minimum atomic E-state index is -0.220. The molecule has 1 aliphatic carbocycles. The molecule has 2 fully saturated rings. The Kier molecular flexibility index (Phi) is 5.06. The summed E-state index contributed by atoms with van der Waals surface area (Å²) in [6, 6.07) is 14.2. The number of nitrogens with zero attached hydrogens (tertiary/aromatic N) is 4. The molecule has 2 aliphatic rings. The Morgan fingerprint density at radius 2 is 2.10 bits per heavy atom. The Bertz CT molecular complexity index is 1080. The molecular weight excluding hydrogens is 390 g/mol. The molecule has 3 heterocycles. The van der Waals surface area contributed by atoms with E-state index in [0.717, 1.165) is 38.2 Å². The van der Waals surface area contributed by atoms with Gasteiger partial charge in [-0.25, -0.2) is 0 Å². The van der Waals surface area contributed by atoms with E-state index in [-0.39, 0.29) is 17.4 Å². The molecule has 31 heavy (non-hydrogen) atoms. The molecule has 2 aromatic heterocycles. The van der Waals surface area contributed by atoms with Crippen LogP contribution in [0.1, 0.15) is 46.2 Å². The monoisotopic (exact) mass is 417 g/mol. The van der Waals surface area contributed by atoms with Gasteiger partial charge in [0.1, 0.15) is 0 Å². The van der Waals surface area contributed by atoms with Crippen LogP contribution in [0.15, 0.2) is 53.2 Å². The van der Waals surface area contributed by atoms with Gasteiger partial charge in [0.05, 0.1) is 5.41 Å². The quantitative estimate of drug-likeness (QED) is 0.687. The molecule has 3 aromatic rings. The van der Waals surface area contributed by atoms with Gasteiger partial charge in [-0.05, 0) is 50.3 Å². The van der Waals surface area contributed by atoms with Crippen molar-refractivity contribution in [3.8, 4) is 0 Å². The second kappa shape index (κ2) is 7.89. The molecule has 0 spiro atoms. The minimum Gasteiger partial charge on any atom is -0.349 e. The number of pyridine rings is 1. The molecule has 0 unspecified atom stereocenters. The first-order chi connectivity index (χ1) is 15.0. The van der Waals surface area contributed by atoms with Crippen LogP contribution < -0.4 is 5.32 Å². The fraction of sp³-hybridized carbons (Fsp3) is 0.417. The van der Waals surface area contributed by atoms with Crippen molar-refractivity contribution in [2.45, 2.75) is 44.7 Å². The first-order valence-corrected chi connectivity index (χ1v) is 10.8. The van der Waals surface area contributed by atoms with Crippen molar-refractivity contribution in [2.24, 2.45) is 5.92 Å². The Morgan fingerprint density at radius 3 is 2.84 bits per heavy atom. The molecule has 1 saturated carbocycles. The van der Waals surface area contributed by atoms with Crippen LogP contribution in [0.3, 0.4) is 0 Å². The highest BCUT2D eigenvalue weighted by Gasteiger charge is 2.57. The van der Waals surface area contributed by atoms with Gasteiger partial charge in [0, 0.05) is 43.1 Å². The van der Waals surface area contributed by atoms with Gasteiger partial charge in [-0.15, -0.1) is 0 Å². The van der Waals surface area contributed by atoms with E-state index in [1.807, 2.05) is 26.0 Å². The van der Waals surface area contributed by atoms with E-state index in [4.69, 9.17) is 4.52 Å². The number of hydrogen-bond donors (Lipinski definition) is 1. The van der Waals surface area contributed by atoms with Crippen LogP contribution in [0.25, 0.3) is 0 Å². The van der Waals surface area contributed by atoms with Crippen LogP contribution in [0.5, 0.6) is 0 Å². The maximum atomic E-state index is 12.8. The molecule has 7 nitrogen and oxygen atoms in total. The van der Waals surface area contributed by atoms with Crippen molar-refractivity contribution in [2.75, 3.05) is 13.1 Å². The smallest absolute Gasteiger partial charge is 0.251 e. The van der Waals surface area contributed by atoms with E-state index in [1.165, 1.54) is 5.56 Å². The third kappa shape index (κ3) is 3.85.